The lowest BCUT2D eigenvalue weighted by Gasteiger charge is -2.29. The van der Waals surface area contributed by atoms with E-state index in [0.29, 0.717) is 59.0 Å². The highest BCUT2D eigenvalue weighted by Crippen LogP contribution is 2.48. The minimum atomic E-state index is -0.0828. The number of hydrogen-bond acceptors (Lipinski definition) is 4. The predicted molar refractivity (Wildman–Crippen MR) is 231 cm³/mol. The maximum atomic E-state index is 14.8. The zero-order valence-corrected chi connectivity index (χ0v) is 36.2. The molecule has 4 heterocycles. The van der Waals surface area contributed by atoms with Crippen LogP contribution < -0.4 is 0 Å². The third kappa shape index (κ3) is 14.8. The predicted octanol–water partition coefficient (Wildman–Crippen LogP) is 14.8. The number of carbonyl (C=O) groups is 2. The third-order valence-electron chi connectivity index (χ3n) is 11.4. The van der Waals surface area contributed by atoms with Gasteiger partial charge in [-0.1, -0.05) is 176 Å². The van der Waals surface area contributed by atoms with Crippen LogP contribution in [0.1, 0.15) is 214 Å². The molecule has 6 heteroatoms. The fourth-order valence-electron chi connectivity index (χ4n) is 8.40. The molecule has 0 N–H and O–H groups in total. The third-order valence-corrected chi connectivity index (χ3v) is 11.4. The fourth-order valence-corrected chi connectivity index (χ4v) is 8.40. The number of carbonyl (C=O) groups excluding carboxylic acids is 2. The Morgan fingerprint density at radius 2 is 0.745 bits per heavy atom. The average molecular weight is 761 g/mol. The molecular weight excluding hydrogens is 681 g/mol. The molecule has 2 aromatic heterocycles. The summed E-state index contributed by atoms with van der Waals surface area (Å²) in [7, 11) is 0. The summed E-state index contributed by atoms with van der Waals surface area (Å²) in [5.41, 5.74) is 2.30. The van der Waals surface area contributed by atoms with Crippen molar-refractivity contribution in [2.45, 2.75) is 202 Å². The van der Waals surface area contributed by atoms with Crippen molar-refractivity contribution in [3.63, 3.8) is 0 Å². The summed E-state index contributed by atoms with van der Waals surface area (Å²) >= 11 is 0. The summed E-state index contributed by atoms with van der Waals surface area (Å²) in [6.45, 7) is 14.5. The molecule has 0 radical (unpaired) electrons. The lowest BCUT2D eigenvalue weighted by atomic mass is 9.93. The average Bonchev–Trinajstić information content (AvgIpc) is 4.00. The van der Waals surface area contributed by atoms with E-state index in [-0.39, 0.29) is 11.8 Å². The van der Waals surface area contributed by atoms with Crippen molar-refractivity contribution < 1.29 is 18.4 Å². The Kier molecular flexibility index (Phi) is 23.2. The molecule has 0 saturated heterocycles. The molecule has 0 bridgehead atoms. The summed E-state index contributed by atoms with van der Waals surface area (Å²) in [6.07, 6.45) is 33.8. The van der Waals surface area contributed by atoms with Crippen LogP contribution in [-0.4, -0.2) is 34.7 Å². The molecule has 4 rings (SSSR count). The van der Waals surface area contributed by atoms with Crippen LogP contribution in [0.4, 0.5) is 0 Å². The number of rotatable bonds is 30. The van der Waals surface area contributed by atoms with Gasteiger partial charge in [-0.2, -0.15) is 0 Å². The Morgan fingerprint density at radius 3 is 1.04 bits per heavy atom. The SMILES string of the molecule is CCC.CCCCCCCCC(CCCCCC)CN1C(=O)C2=C(c3ccco3)N(CC(CCCCCC)CCCCCCCC)C(=O)C2=C1c1ccco1. The molecule has 310 valence electrons. The van der Waals surface area contributed by atoms with Gasteiger partial charge in [0, 0.05) is 13.1 Å². The quantitative estimate of drug-likeness (QED) is 0.0744. The maximum absolute atomic E-state index is 14.8. The number of unbranched alkanes of at least 4 members (excludes halogenated alkanes) is 16. The Labute approximate surface area is 336 Å². The molecular formula is C49H80N2O4. The molecule has 2 atom stereocenters. The highest BCUT2D eigenvalue weighted by Gasteiger charge is 2.50. The Morgan fingerprint density at radius 1 is 0.455 bits per heavy atom. The van der Waals surface area contributed by atoms with Gasteiger partial charge in [0.15, 0.2) is 11.5 Å². The molecule has 2 aliphatic rings. The largest absolute Gasteiger partial charge is 0.463 e. The van der Waals surface area contributed by atoms with E-state index < -0.39 is 0 Å². The van der Waals surface area contributed by atoms with E-state index in [0.717, 1.165) is 25.7 Å². The first-order valence-electron chi connectivity index (χ1n) is 23.2. The summed E-state index contributed by atoms with van der Waals surface area (Å²) in [5, 5.41) is 0. The molecule has 0 aliphatic carbocycles. The second-order valence-electron chi connectivity index (χ2n) is 16.5. The standard InChI is InChI=1S/C46H72N2O4.C3H8/c1-5-9-13-17-19-23-29-37(27-21-15-11-7-3)35-47-43(39-31-25-33-51-39)41-42(45(47)49)44(40-32-26-34-52-40)48(46(41)50)36-38(28-22-16-12-8-4)30-24-20-18-14-10-6-2;1-3-2/h25-26,31-34,37-38H,5-24,27-30,35-36H2,1-4H3;3H2,1-2H3. The van der Waals surface area contributed by atoms with E-state index >= 15 is 0 Å². The van der Waals surface area contributed by atoms with Crippen molar-refractivity contribution in [1.29, 1.82) is 0 Å². The van der Waals surface area contributed by atoms with Crippen LogP contribution in [0.5, 0.6) is 0 Å². The van der Waals surface area contributed by atoms with Crippen LogP contribution in [0.3, 0.4) is 0 Å². The van der Waals surface area contributed by atoms with Crippen LogP contribution in [-0.2, 0) is 9.59 Å². The number of fused-ring (bicyclic) bond motifs is 1. The number of amides is 2. The van der Waals surface area contributed by atoms with Gasteiger partial charge in [0.05, 0.1) is 23.7 Å². The smallest absolute Gasteiger partial charge is 0.261 e. The summed E-state index contributed by atoms with van der Waals surface area (Å²) in [6, 6.07) is 7.55. The first-order valence-corrected chi connectivity index (χ1v) is 23.2. The molecule has 2 unspecified atom stereocenters. The normalized spacial score (nSPS) is 15.3. The van der Waals surface area contributed by atoms with Gasteiger partial charge in [0.2, 0.25) is 0 Å². The number of hydrogen-bond donors (Lipinski definition) is 0. The van der Waals surface area contributed by atoms with Gasteiger partial charge in [0.25, 0.3) is 11.8 Å². The molecule has 2 aromatic rings. The highest BCUT2D eigenvalue weighted by molar-refractivity contribution is 6.29. The second-order valence-corrected chi connectivity index (χ2v) is 16.5. The second kappa shape index (κ2) is 27.6. The lowest BCUT2D eigenvalue weighted by molar-refractivity contribution is -0.124. The number of nitrogens with zero attached hydrogens (tertiary/aromatic N) is 2. The van der Waals surface area contributed by atoms with Crippen molar-refractivity contribution >= 4 is 23.2 Å². The van der Waals surface area contributed by atoms with Crippen molar-refractivity contribution in [2.75, 3.05) is 13.1 Å². The Balaban J connectivity index is 0.00000262. The molecule has 2 amide bonds. The van der Waals surface area contributed by atoms with Gasteiger partial charge in [-0.25, -0.2) is 0 Å². The summed E-state index contributed by atoms with van der Waals surface area (Å²) in [4.78, 5) is 33.5. The van der Waals surface area contributed by atoms with Crippen LogP contribution >= 0.6 is 0 Å². The minimum absolute atomic E-state index is 0.0828. The highest BCUT2D eigenvalue weighted by atomic mass is 16.3. The molecule has 0 spiro atoms. The van der Waals surface area contributed by atoms with Crippen molar-refractivity contribution in [2.24, 2.45) is 11.8 Å². The molecule has 0 aromatic carbocycles. The number of furan rings is 2. The van der Waals surface area contributed by atoms with E-state index in [1.807, 2.05) is 34.1 Å². The lowest BCUT2D eigenvalue weighted by Crippen LogP contribution is -2.34. The summed E-state index contributed by atoms with van der Waals surface area (Å²) < 4.78 is 12.1. The first kappa shape index (κ1) is 46.4. The molecule has 2 aliphatic heterocycles. The van der Waals surface area contributed by atoms with Crippen LogP contribution in [0.2, 0.25) is 0 Å². The van der Waals surface area contributed by atoms with Crippen LogP contribution in [0.25, 0.3) is 11.4 Å². The summed E-state index contributed by atoms with van der Waals surface area (Å²) in [5.74, 6) is 1.78. The van der Waals surface area contributed by atoms with E-state index in [1.54, 1.807) is 12.5 Å². The van der Waals surface area contributed by atoms with E-state index in [2.05, 4.69) is 41.5 Å². The molecule has 0 fully saturated rings. The fraction of sp³-hybridized carbons (Fsp3) is 0.714. The zero-order valence-electron chi connectivity index (χ0n) is 36.2. The van der Waals surface area contributed by atoms with Crippen LogP contribution in [0.15, 0.2) is 56.8 Å². The topological polar surface area (TPSA) is 66.9 Å². The molecule has 6 nitrogen and oxygen atoms in total. The van der Waals surface area contributed by atoms with E-state index in [4.69, 9.17) is 8.83 Å². The van der Waals surface area contributed by atoms with Gasteiger partial charge in [-0.05, 0) is 61.8 Å². The van der Waals surface area contributed by atoms with Crippen molar-refractivity contribution in [1.82, 2.24) is 9.80 Å². The van der Waals surface area contributed by atoms with E-state index in [1.165, 1.54) is 135 Å². The minimum Gasteiger partial charge on any atom is -0.463 e. The maximum Gasteiger partial charge on any atom is 0.261 e. The van der Waals surface area contributed by atoms with Crippen LogP contribution in [0, 0.1) is 11.8 Å². The van der Waals surface area contributed by atoms with Gasteiger partial charge < -0.3 is 18.6 Å². The van der Waals surface area contributed by atoms with Crippen molar-refractivity contribution in [3.05, 3.63) is 59.5 Å². The van der Waals surface area contributed by atoms with Gasteiger partial charge >= 0.3 is 0 Å². The van der Waals surface area contributed by atoms with Gasteiger partial charge in [0.1, 0.15) is 11.4 Å². The monoisotopic (exact) mass is 761 g/mol. The molecule has 55 heavy (non-hydrogen) atoms. The first-order chi connectivity index (χ1) is 27.0. The zero-order chi connectivity index (χ0) is 39.7. The van der Waals surface area contributed by atoms with Gasteiger partial charge in [-0.3, -0.25) is 9.59 Å². The van der Waals surface area contributed by atoms with Gasteiger partial charge in [-0.15, -0.1) is 0 Å². The molecule has 0 saturated carbocycles. The Hall–Kier alpha value is -3.02. The Bertz CT molecular complexity index is 1270. The van der Waals surface area contributed by atoms with E-state index in [9.17, 15) is 9.59 Å². The van der Waals surface area contributed by atoms with Crippen molar-refractivity contribution in [3.8, 4) is 0 Å².